The molecule has 112 valence electrons. The molecule has 2 rings (SSSR count). The van der Waals surface area contributed by atoms with E-state index in [2.05, 4.69) is 61.0 Å². The summed E-state index contributed by atoms with van der Waals surface area (Å²) in [6, 6.07) is 5.71. The molecule has 1 N–H and O–H groups in total. The minimum absolute atomic E-state index is 0.477. The second-order valence-electron chi connectivity index (χ2n) is 5.05. The lowest BCUT2D eigenvalue weighted by atomic mass is 10.2. The smallest absolute Gasteiger partial charge is 0.237 e. The van der Waals surface area contributed by atoms with Crippen molar-refractivity contribution in [3.05, 3.63) is 45.2 Å². The number of rotatable bonds is 6. The molecule has 1 aromatic carbocycles. The molecular weight excluding hydrogens is 398 g/mol. The van der Waals surface area contributed by atoms with Crippen LogP contribution in [0.1, 0.15) is 19.5 Å². The quantitative estimate of drug-likeness (QED) is 0.753. The number of hydrogen-bond donors (Lipinski definition) is 1. The first-order valence-electron chi connectivity index (χ1n) is 6.69. The summed E-state index contributed by atoms with van der Waals surface area (Å²) < 4.78 is 7.55. The van der Waals surface area contributed by atoms with Gasteiger partial charge in [-0.2, -0.15) is 0 Å². The van der Waals surface area contributed by atoms with Gasteiger partial charge in [-0.15, -0.1) is 0 Å². The average molecular weight is 415 g/mol. The Kier molecular flexibility index (Phi) is 6.14. The van der Waals surface area contributed by atoms with Crippen LogP contribution in [0.3, 0.4) is 0 Å². The summed E-state index contributed by atoms with van der Waals surface area (Å²) in [7, 11) is 0. The largest absolute Gasteiger partial charge is 0.436 e. The van der Waals surface area contributed by atoms with E-state index >= 15 is 0 Å². The fourth-order valence-corrected chi connectivity index (χ4v) is 2.77. The van der Waals surface area contributed by atoms with Crippen molar-refractivity contribution in [1.29, 1.82) is 0 Å². The normalized spacial score (nSPS) is 10.9. The summed E-state index contributed by atoms with van der Waals surface area (Å²) in [5, 5.41) is 3.33. The Labute approximate surface area is 141 Å². The second kappa shape index (κ2) is 7.87. The third-order valence-electron chi connectivity index (χ3n) is 2.65. The van der Waals surface area contributed by atoms with Crippen LogP contribution >= 0.6 is 31.9 Å². The van der Waals surface area contributed by atoms with Crippen LogP contribution in [0, 0.1) is 5.92 Å². The van der Waals surface area contributed by atoms with Crippen molar-refractivity contribution in [3.63, 3.8) is 0 Å². The number of benzene rings is 1. The number of nitrogens with one attached hydrogen (secondary N) is 1. The first-order chi connectivity index (χ1) is 10.0. The molecule has 0 aliphatic carbocycles. The molecule has 2 aromatic rings. The number of aromatic nitrogens is 2. The van der Waals surface area contributed by atoms with Crippen LogP contribution in [0.5, 0.6) is 11.6 Å². The molecule has 0 bridgehead atoms. The van der Waals surface area contributed by atoms with Crippen molar-refractivity contribution in [1.82, 2.24) is 15.3 Å². The molecule has 1 aromatic heterocycles. The van der Waals surface area contributed by atoms with Gasteiger partial charge < -0.3 is 10.1 Å². The number of ether oxygens (including phenoxy) is 1. The number of hydrogen-bond acceptors (Lipinski definition) is 4. The van der Waals surface area contributed by atoms with E-state index in [0.29, 0.717) is 24.1 Å². The second-order valence-corrected chi connectivity index (χ2v) is 6.82. The molecule has 0 unspecified atom stereocenters. The van der Waals surface area contributed by atoms with Crippen molar-refractivity contribution in [2.45, 2.75) is 20.4 Å². The monoisotopic (exact) mass is 413 g/mol. The van der Waals surface area contributed by atoms with E-state index in [1.54, 1.807) is 12.4 Å². The third kappa shape index (κ3) is 5.37. The van der Waals surface area contributed by atoms with Crippen molar-refractivity contribution in [2.24, 2.45) is 5.92 Å². The molecule has 6 heteroatoms. The van der Waals surface area contributed by atoms with Crippen LogP contribution in [0.4, 0.5) is 0 Å². The van der Waals surface area contributed by atoms with E-state index in [-0.39, 0.29) is 0 Å². The molecule has 0 radical (unpaired) electrons. The van der Waals surface area contributed by atoms with Gasteiger partial charge in [0.2, 0.25) is 5.88 Å². The topological polar surface area (TPSA) is 47.0 Å². The molecule has 4 nitrogen and oxygen atoms in total. The van der Waals surface area contributed by atoms with E-state index in [1.807, 2.05) is 18.2 Å². The zero-order chi connectivity index (χ0) is 15.2. The lowest BCUT2D eigenvalue weighted by Gasteiger charge is -2.08. The van der Waals surface area contributed by atoms with Crippen molar-refractivity contribution in [2.75, 3.05) is 6.54 Å². The van der Waals surface area contributed by atoms with E-state index in [0.717, 1.165) is 21.2 Å². The average Bonchev–Trinajstić information content (AvgIpc) is 2.43. The Morgan fingerprint density at radius 2 is 2.00 bits per heavy atom. The highest BCUT2D eigenvalue weighted by molar-refractivity contribution is 9.11. The first-order valence-corrected chi connectivity index (χ1v) is 8.27. The third-order valence-corrected chi connectivity index (χ3v) is 3.76. The van der Waals surface area contributed by atoms with Crippen molar-refractivity contribution < 1.29 is 4.74 Å². The van der Waals surface area contributed by atoms with Crippen molar-refractivity contribution >= 4 is 31.9 Å². The molecule has 0 fully saturated rings. The summed E-state index contributed by atoms with van der Waals surface area (Å²) >= 11 is 6.86. The Morgan fingerprint density at radius 3 is 2.62 bits per heavy atom. The molecule has 21 heavy (non-hydrogen) atoms. The predicted molar refractivity (Wildman–Crippen MR) is 90.5 cm³/mol. The van der Waals surface area contributed by atoms with Crippen LogP contribution in [0.2, 0.25) is 0 Å². The zero-order valence-electron chi connectivity index (χ0n) is 11.9. The van der Waals surface area contributed by atoms with E-state index in [4.69, 9.17) is 4.74 Å². The summed E-state index contributed by atoms with van der Waals surface area (Å²) in [5.74, 6) is 1.80. The lowest BCUT2D eigenvalue weighted by molar-refractivity contribution is 0.455. The first kappa shape index (κ1) is 16.4. The Bertz CT molecular complexity index is 588. The molecule has 0 aliphatic heterocycles. The van der Waals surface area contributed by atoms with E-state index < -0.39 is 0 Å². The highest BCUT2D eigenvalue weighted by atomic mass is 79.9. The Hall–Kier alpha value is -0.980. The molecule has 1 heterocycles. The minimum atomic E-state index is 0.477. The zero-order valence-corrected chi connectivity index (χ0v) is 15.1. The SMILES string of the molecule is CC(C)CNCc1cnc(Oc2ccc(Br)cc2Br)cn1. The number of nitrogens with zero attached hydrogens (tertiary/aromatic N) is 2. The van der Waals surface area contributed by atoms with E-state index in [1.165, 1.54) is 0 Å². The molecule has 0 atom stereocenters. The molecular formula is C15H17Br2N3O. The fourth-order valence-electron chi connectivity index (χ4n) is 1.65. The molecule has 0 saturated carbocycles. The highest BCUT2D eigenvalue weighted by Gasteiger charge is 2.05. The summed E-state index contributed by atoms with van der Waals surface area (Å²) in [6.45, 7) is 6.02. The predicted octanol–water partition coefficient (Wildman–Crippen LogP) is 4.54. The van der Waals surface area contributed by atoms with Gasteiger partial charge in [0.25, 0.3) is 0 Å². The van der Waals surface area contributed by atoms with Gasteiger partial charge in [-0.25, -0.2) is 4.98 Å². The highest BCUT2D eigenvalue weighted by Crippen LogP contribution is 2.30. The minimum Gasteiger partial charge on any atom is -0.436 e. The van der Waals surface area contributed by atoms with Gasteiger partial charge in [-0.3, -0.25) is 4.98 Å². The van der Waals surface area contributed by atoms with Crippen LogP contribution in [-0.2, 0) is 6.54 Å². The maximum absolute atomic E-state index is 5.70. The standard InChI is InChI=1S/C15H17Br2N3O/c1-10(2)6-18-7-12-8-20-15(9-19-12)21-14-4-3-11(16)5-13(14)17/h3-5,8-10,18H,6-7H2,1-2H3. The van der Waals surface area contributed by atoms with Crippen LogP contribution in [0.15, 0.2) is 39.5 Å². The van der Waals surface area contributed by atoms with Crippen molar-refractivity contribution in [3.8, 4) is 11.6 Å². The Morgan fingerprint density at radius 1 is 1.19 bits per heavy atom. The molecule has 0 amide bonds. The van der Waals surface area contributed by atoms with Gasteiger partial charge in [0.05, 0.1) is 22.6 Å². The lowest BCUT2D eigenvalue weighted by Crippen LogP contribution is -2.19. The van der Waals surface area contributed by atoms with Crippen LogP contribution in [-0.4, -0.2) is 16.5 Å². The molecule has 0 saturated heterocycles. The van der Waals surface area contributed by atoms with Gasteiger partial charge in [0.1, 0.15) is 5.75 Å². The van der Waals surface area contributed by atoms with Gasteiger partial charge in [0, 0.05) is 11.0 Å². The summed E-state index contributed by atoms with van der Waals surface area (Å²) in [5.41, 5.74) is 0.901. The molecule has 0 spiro atoms. The Balaban J connectivity index is 1.95. The summed E-state index contributed by atoms with van der Waals surface area (Å²) in [4.78, 5) is 8.62. The van der Waals surface area contributed by atoms with Gasteiger partial charge in [-0.05, 0) is 46.6 Å². The van der Waals surface area contributed by atoms with Gasteiger partial charge >= 0.3 is 0 Å². The fraction of sp³-hybridized carbons (Fsp3) is 0.333. The summed E-state index contributed by atoms with van der Waals surface area (Å²) in [6.07, 6.45) is 3.37. The van der Waals surface area contributed by atoms with Gasteiger partial charge in [-0.1, -0.05) is 29.8 Å². The maximum atomic E-state index is 5.70. The van der Waals surface area contributed by atoms with Crippen LogP contribution in [0.25, 0.3) is 0 Å². The van der Waals surface area contributed by atoms with E-state index in [9.17, 15) is 0 Å². The number of halogens is 2. The molecule has 0 aliphatic rings. The van der Waals surface area contributed by atoms with Crippen LogP contribution < -0.4 is 10.1 Å². The maximum Gasteiger partial charge on any atom is 0.237 e. The van der Waals surface area contributed by atoms with Gasteiger partial charge in [0.15, 0.2) is 0 Å².